The van der Waals surface area contributed by atoms with Crippen LogP contribution in [-0.2, 0) is 11.2 Å². The lowest BCUT2D eigenvalue weighted by Crippen LogP contribution is -2.46. The second kappa shape index (κ2) is 5.92. The molecule has 0 saturated carbocycles. The van der Waals surface area contributed by atoms with Crippen LogP contribution >= 0.6 is 0 Å². The van der Waals surface area contributed by atoms with Crippen molar-refractivity contribution in [2.75, 3.05) is 20.2 Å². The first-order valence-electron chi connectivity index (χ1n) is 8.16. The van der Waals surface area contributed by atoms with Gasteiger partial charge in [-0.2, -0.15) is 0 Å². The summed E-state index contributed by atoms with van der Waals surface area (Å²) >= 11 is 0. The molecule has 1 aromatic rings. The number of rotatable bonds is 3. The first-order valence-corrected chi connectivity index (χ1v) is 8.16. The quantitative estimate of drug-likeness (QED) is 0.933. The fourth-order valence-corrected chi connectivity index (χ4v) is 3.91. The number of phenols is 1. The van der Waals surface area contributed by atoms with E-state index in [2.05, 4.69) is 18.7 Å². The van der Waals surface area contributed by atoms with E-state index in [9.17, 15) is 9.90 Å². The number of Topliss-reactive ketones (excluding diaryl/α,β-unsaturated/α-hetero) is 1. The van der Waals surface area contributed by atoms with Crippen molar-refractivity contribution in [3.63, 3.8) is 0 Å². The smallest absolute Gasteiger partial charge is 0.160 e. The van der Waals surface area contributed by atoms with Crippen LogP contribution in [0.1, 0.15) is 43.9 Å². The van der Waals surface area contributed by atoms with Gasteiger partial charge in [-0.05, 0) is 42.0 Å². The molecule has 1 aromatic carbocycles. The molecule has 0 unspecified atom stereocenters. The Labute approximate surface area is 132 Å². The van der Waals surface area contributed by atoms with Crippen LogP contribution in [0.25, 0.3) is 0 Å². The van der Waals surface area contributed by atoms with Gasteiger partial charge in [-0.1, -0.05) is 13.8 Å². The predicted octanol–water partition coefficient (Wildman–Crippen LogP) is 2.94. The van der Waals surface area contributed by atoms with E-state index in [1.807, 2.05) is 6.07 Å². The summed E-state index contributed by atoms with van der Waals surface area (Å²) in [7, 11) is 1.56. The Morgan fingerprint density at radius 1 is 1.41 bits per heavy atom. The molecular weight excluding hydrogens is 278 g/mol. The standard InChI is InChI=1S/C18H25NO3/c1-11(2)6-13-10-19-5-4-12-7-17(21)18(22-3)8-14(12)15(19)9-16(13)20/h7-8,11,13,15,21H,4-6,9-10H2,1-3H3/t13-,15-/m0/s1. The minimum Gasteiger partial charge on any atom is -0.504 e. The fraction of sp³-hybridized carbons (Fsp3) is 0.611. The molecule has 0 spiro atoms. The minimum absolute atomic E-state index is 0.147. The summed E-state index contributed by atoms with van der Waals surface area (Å²) in [5.74, 6) is 1.80. The third-order valence-electron chi connectivity index (χ3n) is 4.97. The highest BCUT2D eigenvalue weighted by Crippen LogP contribution is 2.42. The number of piperidine rings is 1. The van der Waals surface area contributed by atoms with Gasteiger partial charge in [-0.15, -0.1) is 0 Å². The lowest BCUT2D eigenvalue weighted by molar-refractivity contribution is -0.129. The molecule has 0 radical (unpaired) electrons. The average molecular weight is 303 g/mol. The number of ether oxygens (including phenoxy) is 1. The summed E-state index contributed by atoms with van der Waals surface area (Å²) < 4.78 is 5.24. The van der Waals surface area contributed by atoms with Gasteiger partial charge in [0.2, 0.25) is 0 Å². The van der Waals surface area contributed by atoms with Gasteiger partial charge in [0.05, 0.1) is 7.11 Å². The van der Waals surface area contributed by atoms with Crippen LogP contribution in [0.3, 0.4) is 0 Å². The van der Waals surface area contributed by atoms with E-state index in [4.69, 9.17) is 4.74 Å². The van der Waals surface area contributed by atoms with Crippen molar-refractivity contribution in [3.8, 4) is 11.5 Å². The Morgan fingerprint density at radius 2 is 2.18 bits per heavy atom. The van der Waals surface area contributed by atoms with E-state index in [1.54, 1.807) is 13.2 Å². The van der Waals surface area contributed by atoms with Crippen molar-refractivity contribution in [2.45, 2.75) is 39.2 Å². The number of hydrogen-bond acceptors (Lipinski definition) is 4. The highest BCUT2D eigenvalue weighted by Gasteiger charge is 2.38. The maximum atomic E-state index is 12.5. The van der Waals surface area contributed by atoms with Crippen LogP contribution in [0.15, 0.2) is 12.1 Å². The van der Waals surface area contributed by atoms with Gasteiger partial charge >= 0.3 is 0 Å². The first kappa shape index (κ1) is 15.3. The maximum absolute atomic E-state index is 12.5. The Morgan fingerprint density at radius 3 is 2.86 bits per heavy atom. The van der Waals surface area contributed by atoms with E-state index in [1.165, 1.54) is 0 Å². The molecular formula is C18H25NO3. The van der Waals surface area contributed by atoms with Gasteiger partial charge in [-0.3, -0.25) is 9.69 Å². The number of ketones is 1. The van der Waals surface area contributed by atoms with Gasteiger partial charge in [0.15, 0.2) is 11.5 Å². The molecule has 2 atom stereocenters. The maximum Gasteiger partial charge on any atom is 0.160 e. The van der Waals surface area contributed by atoms with Crippen molar-refractivity contribution in [1.82, 2.24) is 4.90 Å². The van der Waals surface area contributed by atoms with E-state index >= 15 is 0 Å². The van der Waals surface area contributed by atoms with Crippen molar-refractivity contribution in [3.05, 3.63) is 23.3 Å². The lowest BCUT2D eigenvalue weighted by Gasteiger charge is -2.43. The average Bonchev–Trinajstić information content (AvgIpc) is 2.47. The van der Waals surface area contributed by atoms with Crippen LogP contribution in [0.4, 0.5) is 0 Å². The third-order valence-corrected chi connectivity index (χ3v) is 4.97. The Balaban J connectivity index is 1.88. The Kier molecular flexibility index (Phi) is 4.13. The highest BCUT2D eigenvalue weighted by atomic mass is 16.5. The molecule has 0 aliphatic carbocycles. The normalized spacial score (nSPS) is 25.0. The Hall–Kier alpha value is -1.55. The van der Waals surface area contributed by atoms with Crippen molar-refractivity contribution in [1.29, 1.82) is 0 Å². The molecule has 4 nitrogen and oxygen atoms in total. The third kappa shape index (κ3) is 2.72. The molecule has 1 fully saturated rings. The molecule has 2 aliphatic rings. The highest BCUT2D eigenvalue weighted by molar-refractivity contribution is 5.83. The molecule has 120 valence electrons. The van der Waals surface area contributed by atoms with E-state index in [0.29, 0.717) is 23.9 Å². The van der Waals surface area contributed by atoms with Crippen molar-refractivity contribution in [2.24, 2.45) is 11.8 Å². The molecule has 2 heterocycles. The summed E-state index contributed by atoms with van der Waals surface area (Å²) in [6, 6.07) is 3.86. The van der Waals surface area contributed by atoms with Crippen LogP contribution in [0.5, 0.6) is 11.5 Å². The van der Waals surface area contributed by atoms with E-state index in [0.717, 1.165) is 37.1 Å². The number of methoxy groups -OCH3 is 1. The fourth-order valence-electron chi connectivity index (χ4n) is 3.91. The largest absolute Gasteiger partial charge is 0.504 e. The summed E-state index contributed by atoms with van der Waals surface area (Å²) in [6.07, 6.45) is 2.48. The van der Waals surface area contributed by atoms with Crippen molar-refractivity contribution < 1.29 is 14.6 Å². The molecule has 4 heteroatoms. The molecule has 1 N–H and O–H groups in total. The summed E-state index contributed by atoms with van der Waals surface area (Å²) in [5, 5.41) is 9.95. The minimum atomic E-state index is 0.147. The van der Waals surface area contributed by atoms with Crippen molar-refractivity contribution >= 4 is 5.78 Å². The Bertz CT molecular complexity index is 582. The summed E-state index contributed by atoms with van der Waals surface area (Å²) in [4.78, 5) is 14.9. The van der Waals surface area contributed by atoms with Crippen LogP contribution in [0.2, 0.25) is 0 Å². The van der Waals surface area contributed by atoms with Crippen LogP contribution in [0, 0.1) is 11.8 Å². The van der Waals surface area contributed by atoms with Gasteiger partial charge in [0, 0.05) is 31.5 Å². The summed E-state index contributed by atoms with van der Waals surface area (Å²) in [6.45, 7) is 6.19. The van der Waals surface area contributed by atoms with Gasteiger partial charge in [-0.25, -0.2) is 0 Å². The van der Waals surface area contributed by atoms with Gasteiger partial charge < -0.3 is 9.84 Å². The molecule has 0 amide bonds. The summed E-state index contributed by atoms with van der Waals surface area (Å²) in [5.41, 5.74) is 2.30. The number of aromatic hydroxyl groups is 1. The van der Waals surface area contributed by atoms with E-state index in [-0.39, 0.29) is 17.7 Å². The zero-order chi connectivity index (χ0) is 15.9. The van der Waals surface area contributed by atoms with E-state index < -0.39 is 0 Å². The number of benzene rings is 1. The molecule has 0 bridgehead atoms. The molecule has 3 rings (SSSR count). The second-order valence-corrected chi connectivity index (χ2v) is 6.98. The van der Waals surface area contributed by atoms with Gasteiger partial charge in [0.25, 0.3) is 0 Å². The zero-order valence-electron chi connectivity index (χ0n) is 13.6. The lowest BCUT2D eigenvalue weighted by atomic mass is 9.80. The SMILES string of the molecule is COc1cc2c(cc1O)CCN1C[C@H](CC(C)C)C(=O)C[C@@H]21. The molecule has 22 heavy (non-hydrogen) atoms. The first-order chi connectivity index (χ1) is 10.5. The number of fused-ring (bicyclic) bond motifs is 3. The molecule has 0 aromatic heterocycles. The molecule has 2 aliphatic heterocycles. The topological polar surface area (TPSA) is 49.8 Å². The number of carbonyl (C=O) groups is 1. The van der Waals surface area contributed by atoms with Crippen LogP contribution in [-0.4, -0.2) is 36.0 Å². The second-order valence-electron chi connectivity index (χ2n) is 6.98. The number of carbonyl (C=O) groups excluding carboxylic acids is 1. The van der Waals surface area contributed by atoms with Crippen LogP contribution < -0.4 is 4.74 Å². The zero-order valence-corrected chi connectivity index (χ0v) is 13.6. The predicted molar refractivity (Wildman–Crippen MR) is 85.2 cm³/mol. The number of phenolic OH excluding ortho intramolecular Hbond substituents is 1. The molecule has 1 saturated heterocycles. The monoisotopic (exact) mass is 303 g/mol. The van der Waals surface area contributed by atoms with Gasteiger partial charge in [0.1, 0.15) is 5.78 Å². The number of nitrogens with zero attached hydrogens (tertiary/aromatic N) is 1. The number of hydrogen-bond donors (Lipinski definition) is 1.